The Balaban J connectivity index is 2.08. The molecule has 0 bridgehead atoms. The lowest BCUT2D eigenvalue weighted by atomic mass is 9.87. The third-order valence-corrected chi connectivity index (χ3v) is 3.38. The molecule has 1 aliphatic rings. The highest BCUT2D eigenvalue weighted by Crippen LogP contribution is 2.27. The summed E-state index contributed by atoms with van der Waals surface area (Å²) in [5.74, 6) is 0.743. The fraction of sp³-hybridized carbons (Fsp3) is 0.500. The standard InChI is InChI=1S/C12H19BN2/c13-15-6-4-11(5-7-15)12-3-1-2-10(8-12)9-14/h1-3,8,11H,4-7,9,13-14H2. The van der Waals surface area contributed by atoms with Gasteiger partial charge in [-0.05, 0) is 43.0 Å². The second-order valence-corrected chi connectivity index (χ2v) is 4.53. The lowest BCUT2D eigenvalue weighted by Crippen LogP contribution is -2.30. The van der Waals surface area contributed by atoms with Gasteiger partial charge in [0.2, 0.25) is 0 Å². The molecule has 3 heteroatoms. The maximum atomic E-state index is 5.66. The first-order valence-corrected chi connectivity index (χ1v) is 5.77. The summed E-state index contributed by atoms with van der Waals surface area (Å²) in [6.07, 6.45) is 2.56. The van der Waals surface area contributed by atoms with Gasteiger partial charge in [-0.1, -0.05) is 24.3 Å². The molecule has 2 nitrogen and oxygen atoms in total. The van der Waals surface area contributed by atoms with E-state index in [9.17, 15) is 0 Å². The Morgan fingerprint density at radius 3 is 2.73 bits per heavy atom. The number of benzene rings is 1. The predicted molar refractivity (Wildman–Crippen MR) is 66.4 cm³/mol. The molecule has 1 aromatic rings. The van der Waals surface area contributed by atoms with Gasteiger partial charge in [-0.25, -0.2) is 0 Å². The van der Waals surface area contributed by atoms with Gasteiger partial charge in [0, 0.05) is 6.54 Å². The van der Waals surface area contributed by atoms with E-state index in [4.69, 9.17) is 5.73 Å². The normalized spacial score (nSPS) is 19.3. The van der Waals surface area contributed by atoms with Crippen LogP contribution in [-0.2, 0) is 6.54 Å². The van der Waals surface area contributed by atoms with E-state index >= 15 is 0 Å². The summed E-state index contributed by atoms with van der Waals surface area (Å²) in [7, 11) is 2.20. The van der Waals surface area contributed by atoms with E-state index < -0.39 is 0 Å². The monoisotopic (exact) mass is 202 g/mol. The Morgan fingerprint density at radius 2 is 2.07 bits per heavy atom. The van der Waals surface area contributed by atoms with E-state index in [1.54, 1.807) is 0 Å². The van der Waals surface area contributed by atoms with Crippen molar-refractivity contribution in [2.45, 2.75) is 25.3 Å². The lowest BCUT2D eigenvalue weighted by Gasteiger charge is -2.29. The van der Waals surface area contributed by atoms with Gasteiger partial charge in [0.15, 0.2) is 7.98 Å². The molecule has 2 rings (SSSR count). The van der Waals surface area contributed by atoms with Crippen molar-refractivity contribution in [1.82, 2.24) is 4.81 Å². The van der Waals surface area contributed by atoms with Crippen LogP contribution in [0.25, 0.3) is 0 Å². The molecule has 0 atom stereocenters. The minimum atomic E-state index is 0.653. The van der Waals surface area contributed by atoms with Gasteiger partial charge < -0.3 is 10.5 Å². The molecule has 1 aromatic carbocycles. The second kappa shape index (κ2) is 4.82. The van der Waals surface area contributed by atoms with Crippen LogP contribution in [0.5, 0.6) is 0 Å². The van der Waals surface area contributed by atoms with Gasteiger partial charge in [-0.2, -0.15) is 0 Å². The molecule has 2 N–H and O–H groups in total. The van der Waals surface area contributed by atoms with Crippen molar-refractivity contribution >= 4 is 7.98 Å². The van der Waals surface area contributed by atoms with E-state index in [0.717, 1.165) is 5.92 Å². The highest BCUT2D eigenvalue weighted by molar-refractivity contribution is 6.04. The van der Waals surface area contributed by atoms with Crippen LogP contribution < -0.4 is 5.73 Å². The maximum absolute atomic E-state index is 5.66. The molecule has 0 radical (unpaired) electrons. The Labute approximate surface area is 92.9 Å². The zero-order valence-electron chi connectivity index (χ0n) is 9.45. The van der Waals surface area contributed by atoms with Gasteiger partial charge in [-0.15, -0.1) is 0 Å². The van der Waals surface area contributed by atoms with Crippen molar-refractivity contribution in [1.29, 1.82) is 0 Å². The van der Waals surface area contributed by atoms with E-state index in [0.29, 0.717) is 6.54 Å². The van der Waals surface area contributed by atoms with Crippen LogP contribution >= 0.6 is 0 Å². The quantitative estimate of drug-likeness (QED) is 0.721. The average molecular weight is 202 g/mol. The molecule has 0 spiro atoms. The van der Waals surface area contributed by atoms with E-state index in [1.165, 1.54) is 37.1 Å². The summed E-state index contributed by atoms with van der Waals surface area (Å²) >= 11 is 0. The Hall–Kier alpha value is -0.795. The Kier molecular flexibility index (Phi) is 3.44. The summed E-state index contributed by atoms with van der Waals surface area (Å²) in [6.45, 7) is 3.09. The first-order valence-electron chi connectivity index (χ1n) is 5.77. The smallest absolute Gasteiger partial charge is 0.185 e. The summed E-state index contributed by atoms with van der Waals surface area (Å²) < 4.78 is 0. The van der Waals surface area contributed by atoms with E-state index in [2.05, 4.69) is 37.1 Å². The average Bonchev–Trinajstić information content (AvgIpc) is 2.30. The van der Waals surface area contributed by atoms with Gasteiger partial charge in [0.25, 0.3) is 0 Å². The van der Waals surface area contributed by atoms with Crippen LogP contribution in [0, 0.1) is 0 Å². The molecule has 0 amide bonds. The van der Waals surface area contributed by atoms with Crippen LogP contribution in [0.4, 0.5) is 0 Å². The van der Waals surface area contributed by atoms with Gasteiger partial charge in [0.05, 0.1) is 0 Å². The third kappa shape index (κ3) is 2.61. The zero-order valence-corrected chi connectivity index (χ0v) is 9.45. The largest absolute Gasteiger partial charge is 0.349 e. The molecule has 0 aliphatic carbocycles. The second-order valence-electron chi connectivity index (χ2n) is 4.53. The van der Waals surface area contributed by atoms with E-state index in [-0.39, 0.29) is 0 Å². The van der Waals surface area contributed by atoms with Gasteiger partial charge >= 0.3 is 0 Å². The molecular formula is C12H19BN2. The van der Waals surface area contributed by atoms with Crippen molar-refractivity contribution in [2.24, 2.45) is 5.73 Å². The summed E-state index contributed by atoms with van der Waals surface area (Å²) in [5, 5.41) is 0. The molecule has 80 valence electrons. The first kappa shape index (κ1) is 10.7. The van der Waals surface area contributed by atoms with Crippen molar-refractivity contribution in [3.63, 3.8) is 0 Å². The molecule has 15 heavy (non-hydrogen) atoms. The lowest BCUT2D eigenvalue weighted by molar-refractivity contribution is 0.334. The molecule has 1 saturated heterocycles. The van der Waals surface area contributed by atoms with Crippen LogP contribution in [0.1, 0.15) is 29.9 Å². The van der Waals surface area contributed by atoms with E-state index in [1.807, 2.05) is 0 Å². The van der Waals surface area contributed by atoms with Crippen molar-refractivity contribution in [3.8, 4) is 0 Å². The van der Waals surface area contributed by atoms with Gasteiger partial charge in [-0.3, -0.25) is 0 Å². The maximum Gasteiger partial charge on any atom is 0.185 e. The predicted octanol–water partition coefficient (Wildman–Crippen LogP) is 0.873. The number of hydrogen-bond acceptors (Lipinski definition) is 2. The minimum absolute atomic E-state index is 0.653. The number of nitrogens with zero attached hydrogens (tertiary/aromatic N) is 1. The Bertz CT molecular complexity index is 319. The van der Waals surface area contributed by atoms with Crippen molar-refractivity contribution < 1.29 is 0 Å². The number of rotatable bonds is 2. The third-order valence-electron chi connectivity index (χ3n) is 3.38. The molecule has 1 fully saturated rings. The molecular weight excluding hydrogens is 183 g/mol. The molecule has 0 aromatic heterocycles. The highest BCUT2D eigenvalue weighted by atomic mass is 15.0. The molecule has 1 aliphatic heterocycles. The summed E-state index contributed by atoms with van der Waals surface area (Å²) in [6, 6.07) is 8.76. The number of piperidine rings is 1. The van der Waals surface area contributed by atoms with Crippen molar-refractivity contribution in [2.75, 3.05) is 13.1 Å². The minimum Gasteiger partial charge on any atom is -0.349 e. The Morgan fingerprint density at radius 1 is 1.33 bits per heavy atom. The number of hydrogen-bond donors (Lipinski definition) is 1. The first-order chi connectivity index (χ1) is 7.29. The van der Waals surface area contributed by atoms with Crippen LogP contribution in [0.2, 0.25) is 0 Å². The summed E-state index contributed by atoms with van der Waals surface area (Å²) in [4.78, 5) is 2.41. The fourth-order valence-corrected chi connectivity index (χ4v) is 2.32. The molecule has 0 unspecified atom stereocenters. The van der Waals surface area contributed by atoms with Crippen LogP contribution in [-0.4, -0.2) is 25.9 Å². The van der Waals surface area contributed by atoms with Crippen LogP contribution in [0.3, 0.4) is 0 Å². The van der Waals surface area contributed by atoms with Crippen LogP contribution in [0.15, 0.2) is 24.3 Å². The van der Waals surface area contributed by atoms with Gasteiger partial charge in [0.1, 0.15) is 0 Å². The topological polar surface area (TPSA) is 29.3 Å². The summed E-state index contributed by atoms with van der Waals surface area (Å²) in [5.41, 5.74) is 8.40. The molecule has 1 heterocycles. The molecule has 0 saturated carbocycles. The fourth-order valence-electron chi connectivity index (χ4n) is 2.32. The van der Waals surface area contributed by atoms with Crippen molar-refractivity contribution in [3.05, 3.63) is 35.4 Å². The SMILES string of the molecule is BN1CCC(c2cccc(CN)c2)CC1. The zero-order chi connectivity index (χ0) is 10.7. The number of nitrogens with two attached hydrogens (primary N) is 1. The highest BCUT2D eigenvalue weighted by Gasteiger charge is 2.17.